The molecule has 8 rings (SSSR count). The van der Waals surface area contributed by atoms with Crippen molar-refractivity contribution in [2.45, 2.75) is 0 Å². The second-order valence-electron chi connectivity index (χ2n) is 11.4. The molecule has 5 aromatic carbocycles. The van der Waals surface area contributed by atoms with Crippen molar-refractivity contribution in [1.29, 1.82) is 5.41 Å². The van der Waals surface area contributed by atoms with Gasteiger partial charge in [0.1, 0.15) is 5.65 Å². The lowest BCUT2D eigenvalue weighted by Gasteiger charge is -2.26. The van der Waals surface area contributed by atoms with Crippen LogP contribution >= 0.6 is 0 Å². The zero-order chi connectivity index (χ0) is 30.9. The van der Waals surface area contributed by atoms with Gasteiger partial charge in [-0.05, 0) is 52.1 Å². The molecular formula is C42H30N4. The molecule has 3 heterocycles. The van der Waals surface area contributed by atoms with Gasteiger partial charge in [0.25, 0.3) is 0 Å². The molecule has 218 valence electrons. The van der Waals surface area contributed by atoms with Crippen molar-refractivity contribution < 1.29 is 0 Å². The first-order valence-corrected chi connectivity index (χ1v) is 15.4. The van der Waals surface area contributed by atoms with Crippen molar-refractivity contribution in [1.82, 2.24) is 14.7 Å². The van der Waals surface area contributed by atoms with Crippen LogP contribution in [-0.2, 0) is 0 Å². The normalized spacial score (nSPS) is 13.4. The number of benzene rings is 5. The predicted octanol–water partition coefficient (Wildman–Crippen LogP) is 9.71. The zero-order valence-electron chi connectivity index (χ0n) is 25.1. The first-order chi connectivity index (χ1) is 22.7. The van der Waals surface area contributed by atoms with Crippen LogP contribution in [0.3, 0.4) is 0 Å². The van der Waals surface area contributed by atoms with E-state index < -0.39 is 0 Å². The summed E-state index contributed by atoms with van der Waals surface area (Å²) in [5, 5.41) is 13.4. The van der Waals surface area contributed by atoms with E-state index in [-0.39, 0.29) is 0 Å². The molecule has 4 nitrogen and oxygen atoms in total. The van der Waals surface area contributed by atoms with E-state index in [4.69, 9.17) is 4.98 Å². The van der Waals surface area contributed by atoms with E-state index in [1.54, 1.807) is 0 Å². The number of allylic oxidation sites excluding steroid dienone is 1. The molecule has 0 unspecified atom stereocenters. The Hall–Kier alpha value is -6.26. The third-order valence-electron chi connectivity index (χ3n) is 8.47. The average molecular weight is 591 g/mol. The van der Waals surface area contributed by atoms with Gasteiger partial charge < -0.3 is 9.72 Å². The van der Waals surface area contributed by atoms with Crippen molar-refractivity contribution in [2.75, 3.05) is 0 Å². The Bertz CT molecular complexity index is 2240. The van der Waals surface area contributed by atoms with E-state index in [1.807, 2.05) is 65.2 Å². The molecule has 4 heteroatoms. The average Bonchev–Trinajstić information content (AvgIpc) is 3.57. The fraction of sp³-hybridized carbons (Fsp3) is 0. The lowest BCUT2D eigenvalue weighted by atomic mass is 9.87. The highest BCUT2D eigenvalue weighted by atomic mass is 15.0. The summed E-state index contributed by atoms with van der Waals surface area (Å²) in [5.74, 6) is 0. The van der Waals surface area contributed by atoms with Crippen LogP contribution in [0.5, 0.6) is 0 Å². The Morgan fingerprint density at radius 3 is 2.07 bits per heavy atom. The minimum Gasteiger partial charge on any atom is -0.354 e. The van der Waals surface area contributed by atoms with Gasteiger partial charge in [0, 0.05) is 40.4 Å². The molecule has 0 aliphatic carbocycles. The molecule has 0 atom stereocenters. The molecule has 0 saturated heterocycles. The van der Waals surface area contributed by atoms with Gasteiger partial charge in [0.15, 0.2) is 0 Å². The minimum atomic E-state index is 0.459. The molecule has 0 saturated carbocycles. The van der Waals surface area contributed by atoms with Gasteiger partial charge >= 0.3 is 0 Å². The van der Waals surface area contributed by atoms with Crippen LogP contribution in [0.25, 0.3) is 51.1 Å². The number of imidazole rings is 1. The molecule has 2 N–H and O–H groups in total. The summed E-state index contributed by atoms with van der Waals surface area (Å²) in [4.78, 5) is 4.78. The third-order valence-corrected chi connectivity index (χ3v) is 8.47. The highest BCUT2D eigenvalue weighted by Crippen LogP contribution is 2.36. The Morgan fingerprint density at radius 1 is 0.587 bits per heavy atom. The molecule has 0 radical (unpaired) electrons. The fourth-order valence-electron chi connectivity index (χ4n) is 6.14. The summed E-state index contributed by atoms with van der Waals surface area (Å²) in [5.41, 5.74) is 13.5. The van der Waals surface area contributed by atoms with Crippen LogP contribution in [-0.4, -0.2) is 15.1 Å². The quantitative estimate of drug-likeness (QED) is 0.190. The largest absolute Gasteiger partial charge is 0.354 e. The van der Waals surface area contributed by atoms with Gasteiger partial charge in [0.05, 0.1) is 17.1 Å². The molecule has 1 aliphatic heterocycles. The Balaban J connectivity index is 1.20. The van der Waals surface area contributed by atoms with Crippen LogP contribution in [0, 0.1) is 5.41 Å². The minimum absolute atomic E-state index is 0.459. The predicted molar refractivity (Wildman–Crippen MR) is 190 cm³/mol. The SMILES string of the molecule is N=C(/C(=C1\NC(c2ccccc2)=Cc2ccccc21)c1ccccc1)c1cccc(-c2ccc(-c3cn4ccccc4n3)cc2)c1. The van der Waals surface area contributed by atoms with Crippen molar-refractivity contribution in [3.05, 3.63) is 192 Å². The van der Waals surface area contributed by atoms with Gasteiger partial charge in [0.2, 0.25) is 0 Å². The first kappa shape index (κ1) is 27.3. The van der Waals surface area contributed by atoms with Crippen molar-refractivity contribution in [3.63, 3.8) is 0 Å². The maximum Gasteiger partial charge on any atom is 0.137 e. The molecule has 0 bridgehead atoms. The lowest BCUT2D eigenvalue weighted by Crippen LogP contribution is -2.20. The maximum absolute atomic E-state index is 9.70. The summed E-state index contributed by atoms with van der Waals surface area (Å²) in [6, 6.07) is 51.8. The van der Waals surface area contributed by atoms with E-state index in [1.165, 1.54) is 0 Å². The maximum atomic E-state index is 9.70. The molecule has 0 fully saturated rings. The van der Waals surface area contributed by atoms with Gasteiger partial charge in [-0.15, -0.1) is 0 Å². The number of pyridine rings is 1. The van der Waals surface area contributed by atoms with Gasteiger partial charge in [-0.25, -0.2) is 4.98 Å². The molecule has 7 aromatic rings. The van der Waals surface area contributed by atoms with Crippen LogP contribution < -0.4 is 5.32 Å². The smallest absolute Gasteiger partial charge is 0.137 e. The van der Waals surface area contributed by atoms with Crippen molar-refractivity contribution in [2.24, 2.45) is 0 Å². The fourth-order valence-corrected chi connectivity index (χ4v) is 6.14. The van der Waals surface area contributed by atoms with Crippen LogP contribution in [0.4, 0.5) is 0 Å². The number of aromatic nitrogens is 2. The number of hydrogen-bond acceptors (Lipinski definition) is 3. The lowest BCUT2D eigenvalue weighted by molar-refractivity contribution is 1.19. The van der Waals surface area contributed by atoms with E-state index in [9.17, 15) is 5.41 Å². The Labute approximate surface area is 268 Å². The van der Waals surface area contributed by atoms with Crippen LogP contribution in [0.1, 0.15) is 27.8 Å². The number of nitrogens with one attached hydrogen (secondary N) is 2. The topological polar surface area (TPSA) is 53.2 Å². The zero-order valence-corrected chi connectivity index (χ0v) is 25.1. The van der Waals surface area contributed by atoms with Gasteiger partial charge in [-0.2, -0.15) is 0 Å². The Kier molecular flexibility index (Phi) is 6.93. The summed E-state index contributed by atoms with van der Waals surface area (Å²) < 4.78 is 2.04. The Morgan fingerprint density at radius 2 is 1.26 bits per heavy atom. The van der Waals surface area contributed by atoms with Gasteiger partial charge in [-0.3, -0.25) is 5.41 Å². The third kappa shape index (κ3) is 5.12. The van der Waals surface area contributed by atoms with Crippen molar-refractivity contribution >= 4 is 34.4 Å². The molecule has 2 aromatic heterocycles. The van der Waals surface area contributed by atoms with E-state index in [0.717, 1.165) is 72.8 Å². The van der Waals surface area contributed by atoms with Crippen LogP contribution in [0.2, 0.25) is 0 Å². The molecule has 46 heavy (non-hydrogen) atoms. The summed E-state index contributed by atoms with van der Waals surface area (Å²) in [6.45, 7) is 0. The summed E-state index contributed by atoms with van der Waals surface area (Å²) >= 11 is 0. The molecule has 0 spiro atoms. The van der Waals surface area contributed by atoms with E-state index in [0.29, 0.717) is 5.71 Å². The first-order valence-electron chi connectivity index (χ1n) is 15.4. The van der Waals surface area contributed by atoms with E-state index in [2.05, 4.69) is 115 Å². The number of hydrogen-bond donors (Lipinski definition) is 2. The standard InChI is InChI=1S/C42H30N4/c43-41(35-18-11-17-33(26-35)29-21-23-31(24-22-29)38-28-46-25-10-9-20-39(46)44-38)40(32-14-5-2-6-15-32)42-36-19-8-7-16-34(36)27-37(45-42)30-12-3-1-4-13-30/h1-28,43,45H/b42-40-,43-41?. The van der Waals surface area contributed by atoms with Crippen molar-refractivity contribution in [3.8, 4) is 22.4 Å². The molecular weight excluding hydrogens is 560 g/mol. The monoisotopic (exact) mass is 590 g/mol. The highest BCUT2D eigenvalue weighted by Gasteiger charge is 2.23. The molecule has 1 aliphatic rings. The summed E-state index contributed by atoms with van der Waals surface area (Å²) in [6.07, 6.45) is 6.26. The number of fused-ring (bicyclic) bond motifs is 2. The number of rotatable bonds is 6. The second kappa shape index (κ2) is 11.7. The molecule has 0 amide bonds. The van der Waals surface area contributed by atoms with Gasteiger partial charge in [-0.1, -0.05) is 133 Å². The number of nitrogens with zero attached hydrogens (tertiary/aromatic N) is 2. The highest BCUT2D eigenvalue weighted by molar-refractivity contribution is 6.36. The van der Waals surface area contributed by atoms with Crippen LogP contribution in [0.15, 0.2) is 164 Å². The van der Waals surface area contributed by atoms with E-state index >= 15 is 0 Å². The second-order valence-corrected chi connectivity index (χ2v) is 11.4. The summed E-state index contributed by atoms with van der Waals surface area (Å²) in [7, 11) is 0.